The first-order valence-corrected chi connectivity index (χ1v) is 9.07. The number of hydrogen-bond acceptors (Lipinski definition) is 4. The Balaban J connectivity index is 1.91. The molecular weight excluding hydrogens is 334 g/mol. The van der Waals surface area contributed by atoms with E-state index in [0.717, 1.165) is 43.1 Å². The van der Waals surface area contributed by atoms with Crippen molar-refractivity contribution in [2.75, 3.05) is 18.1 Å². The smallest absolute Gasteiger partial charge is 0.228 e. The summed E-state index contributed by atoms with van der Waals surface area (Å²) in [6.07, 6.45) is 3.96. The summed E-state index contributed by atoms with van der Waals surface area (Å²) in [4.78, 5) is 18.4. The summed E-state index contributed by atoms with van der Waals surface area (Å²) < 4.78 is 33.3. The topological polar surface area (TPSA) is 42.4 Å². The average Bonchev–Trinajstić information content (AvgIpc) is 3.19. The van der Waals surface area contributed by atoms with Crippen molar-refractivity contribution in [2.45, 2.75) is 45.1 Å². The highest BCUT2D eigenvalue weighted by Crippen LogP contribution is 2.32. The van der Waals surface area contributed by atoms with Crippen LogP contribution in [0, 0.1) is 11.6 Å². The molecule has 130 valence electrons. The van der Waals surface area contributed by atoms with Crippen molar-refractivity contribution in [3.8, 4) is 0 Å². The van der Waals surface area contributed by atoms with Crippen LogP contribution in [0.25, 0.3) is 10.2 Å². The quantitative estimate of drug-likeness (QED) is 0.778. The SMILES string of the molecule is CCCCC(=O)N(CC1CCCO1)c1nc2c(F)cc(F)cc2s1. The van der Waals surface area contributed by atoms with E-state index < -0.39 is 11.6 Å². The van der Waals surface area contributed by atoms with Crippen LogP contribution in [-0.2, 0) is 9.53 Å². The minimum atomic E-state index is -0.703. The molecule has 0 N–H and O–H groups in total. The Labute approximate surface area is 143 Å². The van der Waals surface area contributed by atoms with Crippen LogP contribution in [0.4, 0.5) is 13.9 Å². The van der Waals surface area contributed by atoms with Crippen molar-refractivity contribution in [3.05, 3.63) is 23.8 Å². The monoisotopic (exact) mass is 354 g/mol. The predicted octanol–water partition coefficient (Wildman–Crippen LogP) is 4.28. The first-order chi connectivity index (χ1) is 11.6. The molecule has 1 aliphatic heterocycles. The van der Waals surface area contributed by atoms with Crippen molar-refractivity contribution < 1.29 is 18.3 Å². The summed E-state index contributed by atoms with van der Waals surface area (Å²) in [6, 6.07) is 2.06. The van der Waals surface area contributed by atoms with Crippen molar-refractivity contribution in [1.82, 2.24) is 4.98 Å². The Bertz CT molecular complexity index is 729. The third kappa shape index (κ3) is 3.72. The first kappa shape index (κ1) is 17.2. The van der Waals surface area contributed by atoms with Crippen molar-refractivity contribution >= 4 is 32.6 Å². The van der Waals surface area contributed by atoms with Crippen LogP contribution in [0.1, 0.15) is 39.0 Å². The van der Waals surface area contributed by atoms with Crippen molar-refractivity contribution in [3.63, 3.8) is 0 Å². The fourth-order valence-corrected chi connectivity index (χ4v) is 3.83. The number of nitrogens with zero attached hydrogens (tertiary/aromatic N) is 2. The fourth-order valence-electron chi connectivity index (χ4n) is 2.80. The number of aromatic nitrogens is 1. The highest BCUT2D eigenvalue weighted by Gasteiger charge is 2.26. The molecule has 0 radical (unpaired) electrons. The number of carbonyl (C=O) groups is 1. The van der Waals surface area contributed by atoms with Gasteiger partial charge in [-0.25, -0.2) is 13.8 Å². The first-order valence-electron chi connectivity index (χ1n) is 8.26. The molecule has 3 rings (SSSR count). The van der Waals surface area contributed by atoms with Crippen LogP contribution in [0.15, 0.2) is 12.1 Å². The Kier molecular flexibility index (Phi) is 5.40. The molecule has 1 aromatic carbocycles. The largest absolute Gasteiger partial charge is 0.376 e. The normalized spacial score (nSPS) is 17.5. The molecule has 0 spiro atoms. The lowest BCUT2D eigenvalue weighted by molar-refractivity contribution is -0.119. The van der Waals surface area contributed by atoms with Gasteiger partial charge in [-0.3, -0.25) is 9.69 Å². The predicted molar refractivity (Wildman–Crippen MR) is 90.4 cm³/mol. The van der Waals surface area contributed by atoms with Crippen LogP contribution >= 0.6 is 11.3 Å². The van der Waals surface area contributed by atoms with E-state index in [1.54, 1.807) is 4.90 Å². The maximum absolute atomic E-state index is 13.9. The molecule has 1 saturated heterocycles. The number of fused-ring (bicyclic) bond motifs is 1. The van der Waals surface area contributed by atoms with Crippen LogP contribution in [0.5, 0.6) is 0 Å². The van der Waals surface area contributed by atoms with Gasteiger partial charge in [-0.05, 0) is 25.3 Å². The minimum absolute atomic E-state index is 0.0239. The van der Waals surface area contributed by atoms with Gasteiger partial charge in [-0.15, -0.1) is 0 Å². The number of benzene rings is 1. The van der Waals surface area contributed by atoms with Gasteiger partial charge in [0.15, 0.2) is 10.9 Å². The molecule has 1 atom stereocenters. The number of hydrogen-bond donors (Lipinski definition) is 0. The maximum Gasteiger partial charge on any atom is 0.228 e. The molecule has 7 heteroatoms. The van der Waals surface area contributed by atoms with E-state index in [-0.39, 0.29) is 17.5 Å². The standard InChI is InChI=1S/C17H20F2N2O2S/c1-2-3-6-15(22)21(10-12-5-4-7-23-12)17-20-16-13(19)8-11(18)9-14(16)24-17/h8-9,12H,2-7,10H2,1H3. The average molecular weight is 354 g/mol. The van der Waals surface area contributed by atoms with Gasteiger partial charge in [0.05, 0.1) is 17.3 Å². The molecule has 2 heterocycles. The molecule has 4 nitrogen and oxygen atoms in total. The van der Waals surface area contributed by atoms with Gasteiger partial charge >= 0.3 is 0 Å². The van der Waals surface area contributed by atoms with E-state index >= 15 is 0 Å². The number of rotatable bonds is 6. The summed E-state index contributed by atoms with van der Waals surface area (Å²) in [6.45, 7) is 3.13. The summed E-state index contributed by atoms with van der Waals surface area (Å²) in [5, 5.41) is 0.408. The minimum Gasteiger partial charge on any atom is -0.376 e. The zero-order chi connectivity index (χ0) is 17.1. The number of halogens is 2. The second-order valence-corrected chi connectivity index (χ2v) is 6.98. The molecular formula is C17H20F2N2O2S. The summed E-state index contributed by atoms with van der Waals surface area (Å²) in [7, 11) is 0. The van der Waals surface area contributed by atoms with E-state index in [0.29, 0.717) is 29.4 Å². The molecule has 0 saturated carbocycles. The summed E-state index contributed by atoms with van der Waals surface area (Å²) in [5.41, 5.74) is 0.108. The van der Waals surface area contributed by atoms with E-state index in [1.165, 1.54) is 6.07 Å². The van der Waals surface area contributed by atoms with Crippen LogP contribution in [0.3, 0.4) is 0 Å². The van der Waals surface area contributed by atoms with Gasteiger partial charge in [0, 0.05) is 19.1 Å². The molecule has 1 amide bonds. The lowest BCUT2D eigenvalue weighted by Crippen LogP contribution is -2.37. The summed E-state index contributed by atoms with van der Waals surface area (Å²) in [5.74, 6) is -1.39. The van der Waals surface area contributed by atoms with Crippen molar-refractivity contribution in [2.24, 2.45) is 0 Å². The molecule has 1 unspecified atom stereocenters. The molecule has 0 bridgehead atoms. The number of unbranched alkanes of at least 4 members (excludes halogenated alkanes) is 1. The highest BCUT2D eigenvalue weighted by atomic mass is 32.1. The summed E-state index contributed by atoms with van der Waals surface area (Å²) >= 11 is 1.14. The third-order valence-corrected chi connectivity index (χ3v) is 5.11. The highest BCUT2D eigenvalue weighted by molar-refractivity contribution is 7.22. The van der Waals surface area contributed by atoms with E-state index in [4.69, 9.17) is 4.74 Å². The second-order valence-electron chi connectivity index (χ2n) is 5.97. The Morgan fingerprint density at radius 1 is 1.46 bits per heavy atom. The van der Waals surface area contributed by atoms with Gasteiger partial charge in [0.1, 0.15) is 11.3 Å². The van der Waals surface area contributed by atoms with Crippen LogP contribution < -0.4 is 4.90 Å². The van der Waals surface area contributed by atoms with E-state index in [9.17, 15) is 13.6 Å². The van der Waals surface area contributed by atoms with Crippen molar-refractivity contribution in [1.29, 1.82) is 0 Å². The lowest BCUT2D eigenvalue weighted by Gasteiger charge is -2.23. The Hall–Kier alpha value is -1.60. The fraction of sp³-hybridized carbons (Fsp3) is 0.529. The lowest BCUT2D eigenvalue weighted by atomic mass is 10.2. The third-order valence-electron chi connectivity index (χ3n) is 4.09. The van der Waals surface area contributed by atoms with Crippen LogP contribution in [-0.4, -0.2) is 30.1 Å². The van der Waals surface area contributed by atoms with Gasteiger partial charge in [-0.2, -0.15) is 0 Å². The zero-order valence-corrected chi connectivity index (χ0v) is 14.4. The van der Waals surface area contributed by atoms with Gasteiger partial charge in [0.25, 0.3) is 0 Å². The Morgan fingerprint density at radius 3 is 3.00 bits per heavy atom. The number of amides is 1. The molecule has 1 aromatic heterocycles. The number of ether oxygens (including phenoxy) is 1. The Morgan fingerprint density at radius 2 is 2.29 bits per heavy atom. The molecule has 1 aliphatic rings. The van der Waals surface area contributed by atoms with Gasteiger partial charge < -0.3 is 4.74 Å². The number of thiazole rings is 1. The number of carbonyl (C=O) groups excluding carboxylic acids is 1. The van der Waals surface area contributed by atoms with E-state index in [2.05, 4.69) is 4.98 Å². The zero-order valence-electron chi connectivity index (χ0n) is 13.6. The molecule has 24 heavy (non-hydrogen) atoms. The number of anilines is 1. The second kappa shape index (κ2) is 7.53. The molecule has 2 aromatic rings. The molecule has 0 aliphatic carbocycles. The van der Waals surface area contributed by atoms with Crippen LogP contribution in [0.2, 0.25) is 0 Å². The van der Waals surface area contributed by atoms with Gasteiger partial charge in [0.2, 0.25) is 5.91 Å². The van der Waals surface area contributed by atoms with Gasteiger partial charge in [-0.1, -0.05) is 24.7 Å². The maximum atomic E-state index is 13.9. The molecule has 1 fully saturated rings. The van der Waals surface area contributed by atoms with E-state index in [1.807, 2.05) is 6.92 Å².